The minimum Gasteiger partial charge on any atom is -0.310 e. The van der Waals surface area contributed by atoms with Crippen LogP contribution in [0.5, 0.6) is 0 Å². The molecule has 0 aromatic heterocycles. The van der Waals surface area contributed by atoms with Crippen molar-refractivity contribution >= 4 is 69.0 Å². The average Bonchev–Trinajstić information content (AvgIpc) is 0.685. The predicted octanol–water partition coefficient (Wildman–Crippen LogP) is 29.4. The number of rotatable bonds is 16. The molecule has 0 saturated carbocycles. The molecule has 0 fully saturated rings. The molecule has 0 atom stereocenters. The zero-order valence-electron chi connectivity index (χ0n) is 66.8. The van der Waals surface area contributed by atoms with Gasteiger partial charge < -0.3 is 9.80 Å². The van der Waals surface area contributed by atoms with Crippen LogP contribution in [0, 0.1) is 0 Å². The molecular formula is C110H93BN2S. The van der Waals surface area contributed by atoms with E-state index in [4.69, 9.17) is 0 Å². The smallest absolute Gasteiger partial charge is 0.252 e. The number of anilines is 6. The van der Waals surface area contributed by atoms with Crippen molar-refractivity contribution < 1.29 is 0 Å². The van der Waals surface area contributed by atoms with Gasteiger partial charge in [-0.05, 0) is 211 Å². The summed E-state index contributed by atoms with van der Waals surface area (Å²) >= 11 is 1.84. The largest absolute Gasteiger partial charge is 0.310 e. The van der Waals surface area contributed by atoms with Crippen molar-refractivity contribution in [1.29, 1.82) is 0 Å². The zero-order chi connectivity index (χ0) is 77.9. The second kappa shape index (κ2) is 30.2. The molecule has 4 heteroatoms. The molecule has 18 rings (SSSR count). The Bertz CT molecular complexity index is 5680. The van der Waals surface area contributed by atoms with E-state index in [-0.39, 0.29) is 29.4 Å². The van der Waals surface area contributed by atoms with E-state index < -0.39 is 0 Å². The van der Waals surface area contributed by atoms with Gasteiger partial charge in [0.05, 0.1) is 11.4 Å². The molecule has 16 aromatic rings. The highest BCUT2D eigenvalue weighted by Crippen LogP contribution is 2.58. The van der Waals surface area contributed by atoms with Crippen molar-refractivity contribution in [2.45, 2.75) is 102 Å². The van der Waals surface area contributed by atoms with Crippen LogP contribution in [-0.4, -0.2) is 6.71 Å². The first-order chi connectivity index (χ1) is 55.5. The van der Waals surface area contributed by atoms with Gasteiger partial charge in [0.2, 0.25) is 0 Å². The van der Waals surface area contributed by atoms with Gasteiger partial charge in [-0.15, -0.1) is 0 Å². The SMILES string of the molecule is CC(C)c1cc(-c2ccccc2-c2ccccc2)c(N2c3ccc(-c4ccc(C(C)(C)C)cc4)cc3B3c4cc(-c5ccc(C(C)(C)C)cc5)ccc4N(c4c(-c5ccccc5-c5ccccc5)cc(C(C)C)cc4-c4ccccc4-c4ccccc4)c4cc(Sc5ccccc5)cc2c43)c(-c2ccccc2-c2ccccc2)c1. The summed E-state index contributed by atoms with van der Waals surface area (Å²) in [4.78, 5) is 7.78. The lowest BCUT2D eigenvalue weighted by atomic mass is 9.33. The van der Waals surface area contributed by atoms with Crippen molar-refractivity contribution in [1.82, 2.24) is 0 Å². The first kappa shape index (κ1) is 73.0. The predicted molar refractivity (Wildman–Crippen MR) is 491 cm³/mol. The monoisotopic (exact) mass is 1480 g/mol. The minimum absolute atomic E-state index is 0.0318. The molecule has 0 radical (unpaired) electrons. The fraction of sp³-hybridized carbons (Fsp3) is 0.127. The Labute approximate surface area is 679 Å². The highest BCUT2D eigenvalue weighted by atomic mass is 32.2. The van der Waals surface area contributed by atoms with E-state index in [0.717, 1.165) is 122 Å². The standard InChI is InChI=1S/C110H93BN2S/c1-72(2)82-64-96(92-48-30-26-44-88(92)76-34-16-11-17-35-76)107(97(65-82)93-49-31-27-45-89(93)77-36-18-12-19-37-77)112-102-62-56-80(74-52-58-84(59-53-74)109(5,6)7)68-100(102)111-101-69-81(75-54-60-85(61-55-75)110(8,9)10)57-63-103(101)113(105-71-87(70-104(112)106(105)111)114-86-42-24-15-25-43-86)108-98(94-50-32-28-46-90(94)78-38-20-13-21-39-78)66-83(73(3)4)67-99(108)95-51-33-29-47-91(95)79-40-22-14-23-41-79/h11-73H,1-10H3. The fourth-order valence-corrected chi connectivity index (χ4v) is 18.4. The second-order valence-corrected chi connectivity index (χ2v) is 34.6. The van der Waals surface area contributed by atoms with Crippen molar-refractivity contribution in [2.75, 3.05) is 9.80 Å². The van der Waals surface area contributed by atoms with Crippen LogP contribution in [0.3, 0.4) is 0 Å². The van der Waals surface area contributed by atoms with Gasteiger partial charge in [-0.2, -0.15) is 0 Å². The first-order valence-corrected chi connectivity index (χ1v) is 41.3. The normalized spacial score (nSPS) is 12.4. The van der Waals surface area contributed by atoms with Crippen LogP contribution >= 0.6 is 11.8 Å². The van der Waals surface area contributed by atoms with Gasteiger partial charge in [0.25, 0.3) is 6.71 Å². The molecule has 2 aliphatic heterocycles. The molecule has 16 aromatic carbocycles. The Balaban J connectivity index is 1.05. The molecule has 2 heterocycles. The van der Waals surface area contributed by atoms with Crippen LogP contribution in [0.2, 0.25) is 0 Å². The number of benzene rings is 16. The Morgan fingerprint density at radius 2 is 0.509 bits per heavy atom. The van der Waals surface area contributed by atoms with E-state index in [1.165, 1.54) is 72.0 Å². The summed E-state index contributed by atoms with van der Waals surface area (Å²) in [5.41, 5.74) is 38.7. The van der Waals surface area contributed by atoms with Gasteiger partial charge in [-0.25, -0.2) is 0 Å². The number of nitrogens with zero attached hydrogens (tertiary/aromatic N) is 2. The Hall–Kier alpha value is -12.5. The van der Waals surface area contributed by atoms with Gasteiger partial charge in [0.15, 0.2) is 0 Å². The van der Waals surface area contributed by atoms with Crippen LogP contribution in [0.1, 0.15) is 103 Å². The Kier molecular flexibility index (Phi) is 19.4. The van der Waals surface area contributed by atoms with Crippen molar-refractivity contribution in [3.05, 3.63) is 392 Å². The molecule has 0 N–H and O–H groups in total. The average molecular weight is 1490 g/mol. The third-order valence-electron chi connectivity index (χ3n) is 23.4. The van der Waals surface area contributed by atoms with Crippen LogP contribution in [0.25, 0.3) is 111 Å². The molecule has 552 valence electrons. The maximum absolute atomic E-state index is 2.75. The van der Waals surface area contributed by atoms with Crippen LogP contribution in [0.4, 0.5) is 34.1 Å². The summed E-state index contributed by atoms with van der Waals surface area (Å²) in [6.45, 7) is 23.0. The molecular weight excluding hydrogens is 1390 g/mol. The number of hydrogen-bond acceptors (Lipinski definition) is 3. The molecule has 0 spiro atoms. The minimum atomic E-state index is -0.309. The molecule has 114 heavy (non-hydrogen) atoms. The Morgan fingerprint density at radius 3 is 0.798 bits per heavy atom. The molecule has 0 aliphatic carbocycles. The van der Waals surface area contributed by atoms with E-state index in [1.807, 2.05) is 11.8 Å². The van der Waals surface area contributed by atoms with Crippen molar-refractivity contribution in [3.8, 4) is 111 Å². The maximum atomic E-state index is 2.75. The highest BCUT2D eigenvalue weighted by Gasteiger charge is 2.46. The molecule has 0 amide bonds. The lowest BCUT2D eigenvalue weighted by Gasteiger charge is -2.46. The lowest BCUT2D eigenvalue weighted by Crippen LogP contribution is -2.61. The van der Waals surface area contributed by atoms with Crippen LogP contribution in [-0.2, 0) is 10.8 Å². The van der Waals surface area contributed by atoms with E-state index in [1.54, 1.807) is 0 Å². The quantitative estimate of drug-likeness (QED) is 0.0891. The summed E-state index contributed by atoms with van der Waals surface area (Å²) in [6, 6.07) is 141. The van der Waals surface area contributed by atoms with E-state index in [9.17, 15) is 0 Å². The van der Waals surface area contributed by atoms with Gasteiger partial charge in [0, 0.05) is 54.8 Å². The Morgan fingerprint density at radius 1 is 0.237 bits per heavy atom. The molecule has 0 unspecified atom stereocenters. The summed E-state index contributed by atoms with van der Waals surface area (Å²) < 4.78 is 0. The fourth-order valence-electron chi connectivity index (χ4n) is 17.5. The molecule has 2 aliphatic rings. The van der Waals surface area contributed by atoms with E-state index in [2.05, 4.69) is 449 Å². The van der Waals surface area contributed by atoms with Gasteiger partial charge in [-0.1, -0.05) is 390 Å². The van der Waals surface area contributed by atoms with Gasteiger partial charge >= 0.3 is 0 Å². The third-order valence-corrected chi connectivity index (χ3v) is 24.4. The summed E-state index contributed by atoms with van der Waals surface area (Å²) in [6.07, 6.45) is 0. The van der Waals surface area contributed by atoms with Gasteiger partial charge in [-0.3, -0.25) is 0 Å². The summed E-state index contributed by atoms with van der Waals surface area (Å²) in [7, 11) is 0. The summed E-state index contributed by atoms with van der Waals surface area (Å²) in [5.74, 6) is 0.336. The second-order valence-electron chi connectivity index (χ2n) is 33.5. The van der Waals surface area contributed by atoms with Gasteiger partial charge in [0.1, 0.15) is 0 Å². The van der Waals surface area contributed by atoms with Crippen LogP contribution < -0.4 is 26.2 Å². The van der Waals surface area contributed by atoms with Crippen molar-refractivity contribution in [3.63, 3.8) is 0 Å². The summed E-state index contributed by atoms with van der Waals surface area (Å²) in [5, 5.41) is 0. The number of fused-ring (bicyclic) bond motifs is 4. The number of hydrogen-bond donors (Lipinski definition) is 0. The van der Waals surface area contributed by atoms with E-state index in [0.29, 0.717) is 0 Å². The first-order valence-electron chi connectivity index (χ1n) is 40.4. The molecule has 2 nitrogen and oxygen atoms in total. The lowest BCUT2D eigenvalue weighted by molar-refractivity contribution is 0.590. The zero-order valence-corrected chi connectivity index (χ0v) is 67.6. The third kappa shape index (κ3) is 13.7. The van der Waals surface area contributed by atoms with Crippen LogP contribution in [0.15, 0.2) is 380 Å². The molecule has 0 bridgehead atoms. The van der Waals surface area contributed by atoms with Crippen molar-refractivity contribution in [2.24, 2.45) is 0 Å². The topological polar surface area (TPSA) is 6.48 Å². The molecule has 0 saturated heterocycles. The highest BCUT2D eigenvalue weighted by molar-refractivity contribution is 7.99. The van der Waals surface area contributed by atoms with E-state index >= 15 is 0 Å². The maximum Gasteiger partial charge on any atom is 0.252 e.